The number of nitrogens with zero attached hydrogens (tertiary/aromatic N) is 1. The van der Waals surface area contributed by atoms with Gasteiger partial charge in [0.15, 0.2) is 0 Å². The molecule has 55 heavy (non-hydrogen) atoms. The van der Waals surface area contributed by atoms with Gasteiger partial charge >= 0.3 is 0 Å². The molecule has 0 saturated carbocycles. The first-order valence-electron chi connectivity index (χ1n) is 19.1. The number of anilines is 3. The molecule has 1 spiro atoms. The Hall–Kier alpha value is -5.87. The number of thiophene rings is 1. The molecule has 1 aromatic heterocycles. The molecule has 260 valence electrons. The van der Waals surface area contributed by atoms with Crippen LogP contribution in [0.2, 0.25) is 0 Å². The van der Waals surface area contributed by atoms with Crippen molar-refractivity contribution in [2.75, 3.05) is 4.90 Å². The molecule has 0 N–H and O–H groups in total. The minimum absolute atomic E-state index is 0.111. The Labute approximate surface area is 329 Å². The molecule has 12 rings (SSSR count). The maximum Gasteiger partial charge on any atom is 0.0736 e. The van der Waals surface area contributed by atoms with Crippen molar-refractivity contribution < 1.29 is 0 Å². The van der Waals surface area contributed by atoms with E-state index in [2.05, 4.69) is 195 Å². The molecule has 0 bridgehead atoms. The van der Waals surface area contributed by atoms with Crippen LogP contribution >= 0.6 is 23.1 Å². The summed E-state index contributed by atoms with van der Waals surface area (Å²) < 4.78 is 2.62. The fourth-order valence-electron chi connectivity index (χ4n) is 10.1. The highest BCUT2D eigenvalue weighted by Gasteiger charge is 2.50. The third-order valence-corrected chi connectivity index (χ3v) is 14.8. The molecule has 3 heteroatoms. The minimum atomic E-state index is -0.441. The Bertz CT molecular complexity index is 3030. The Balaban J connectivity index is 1.13. The average molecular weight is 738 g/mol. The van der Waals surface area contributed by atoms with E-state index in [0.29, 0.717) is 0 Å². The fourth-order valence-corrected chi connectivity index (χ4v) is 12.4. The molecule has 0 radical (unpaired) electrons. The van der Waals surface area contributed by atoms with Gasteiger partial charge in [-0.3, -0.25) is 0 Å². The first-order chi connectivity index (χ1) is 27.0. The predicted molar refractivity (Wildman–Crippen MR) is 233 cm³/mol. The van der Waals surface area contributed by atoms with Crippen molar-refractivity contribution in [3.8, 4) is 22.3 Å². The summed E-state index contributed by atoms with van der Waals surface area (Å²) in [6.07, 6.45) is 0. The molecule has 1 nitrogen and oxygen atoms in total. The van der Waals surface area contributed by atoms with Gasteiger partial charge in [0, 0.05) is 52.4 Å². The van der Waals surface area contributed by atoms with Crippen molar-refractivity contribution in [3.05, 3.63) is 209 Å². The van der Waals surface area contributed by atoms with Crippen LogP contribution in [-0.4, -0.2) is 0 Å². The largest absolute Gasteiger partial charge is 0.310 e. The van der Waals surface area contributed by atoms with E-state index >= 15 is 0 Å². The minimum Gasteiger partial charge on any atom is -0.310 e. The van der Waals surface area contributed by atoms with E-state index in [1.165, 1.54) is 91.3 Å². The van der Waals surface area contributed by atoms with Crippen LogP contribution in [-0.2, 0) is 10.8 Å². The van der Waals surface area contributed by atoms with Gasteiger partial charge in [0.25, 0.3) is 0 Å². The summed E-state index contributed by atoms with van der Waals surface area (Å²) >= 11 is 3.78. The lowest BCUT2D eigenvalue weighted by Crippen LogP contribution is -2.32. The molecule has 0 fully saturated rings. The van der Waals surface area contributed by atoms with Crippen molar-refractivity contribution in [2.24, 2.45) is 0 Å². The number of fused-ring (bicyclic) bond motifs is 15. The van der Waals surface area contributed by atoms with E-state index in [-0.39, 0.29) is 5.41 Å². The summed E-state index contributed by atoms with van der Waals surface area (Å²) in [6.45, 7) is 4.75. The molecular weight excluding hydrogens is 703 g/mol. The van der Waals surface area contributed by atoms with E-state index in [1.807, 2.05) is 23.1 Å². The van der Waals surface area contributed by atoms with E-state index in [0.717, 1.165) is 11.4 Å². The number of rotatable bonds is 3. The van der Waals surface area contributed by atoms with Crippen molar-refractivity contribution in [2.45, 2.75) is 34.5 Å². The summed E-state index contributed by atoms with van der Waals surface area (Å²) in [7, 11) is 0. The molecule has 3 aliphatic rings. The topological polar surface area (TPSA) is 3.24 Å². The van der Waals surface area contributed by atoms with Crippen LogP contribution in [0.25, 0.3) is 42.4 Å². The van der Waals surface area contributed by atoms with Gasteiger partial charge in [0.1, 0.15) is 0 Å². The Morgan fingerprint density at radius 3 is 1.60 bits per heavy atom. The third-order valence-electron chi connectivity index (χ3n) is 12.5. The maximum absolute atomic E-state index is 2.51. The molecule has 9 aromatic rings. The predicted octanol–water partition coefficient (Wildman–Crippen LogP) is 14.7. The van der Waals surface area contributed by atoms with Crippen LogP contribution in [0.5, 0.6) is 0 Å². The molecule has 0 unspecified atom stereocenters. The van der Waals surface area contributed by atoms with E-state index in [9.17, 15) is 0 Å². The van der Waals surface area contributed by atoms with Crippen molar-refractivity contribution >= 4 is 60.3 Å². The smallest absolute Gasteiger partial charge is 0.0736 e. The number of hydrogen-bond acceptors (Lipinski definition) is 3. The second-order valence-electron chi connectivity index (χ2n) is 15.6. The lowest BCUT2D eigenvalue weighted by atomic mass is 9.67. The highest BCUT2D eigenvalue weighted by molar-refractivity contribution is 7.99. The lowest BCUT2D eigenvalue weighted by Gasteiger charge is -2.40. The number of hydrogen-bond donors (Lipinski definition) is 0. The first kappa shape index (κ1) is 31.5. The van der Waals surface area contributed by atoms with Crippen LogP contribution in [0.1, 0.15) is 47.2 Å². The Morgan fingerprint density at radius 1 is 0.382 bits per heavy atom. The zero-order valence-electron chi connectivity index (χ0n) is 30.5. The lowest BCUT2D eigenvalue weighted by molar-refractivity contribution is 0.660. The Kier molecular flexibility index (Phi) is 6.49. The molecule has 2 heterocycles. The maximum atomic E-state index is 2.51. The summed E-state index contributed by atoms with van der Waals surface area (Å²) in [6, 6.07) is 66.5. The summed E-state index contributed by atoms with van der Waals surface area (Å²) in [5, 5.41) is 2.63. The van der Waals surface area contributed by atoms with Crippen LogP contribution in [0.4, 0.5) is 17.1 Å². The van der Waals surface area contributed by atoms with Gasteiger partial charge in [-0.25, -0.2) is 0 Å². The van der Waals surface area contributed by atoms with Gasteiger partial charge in [-0.2, -0.15) is 0 Å². The summed E-state index contributed by atoms with van der Waals surface area (Å²) in [5.41, 5.74) is 16.4. The zero-order chi connectivity index (χ0) is 36.5. The average Bonchev–Trinajstić information content (AvgIpc) is 3.82. The standard InChI is InChI=1S/C52H35NS2/c1-51(2)41-16-6-3-13-35(41)37-26-23-32(29-45(37)51)53(34-25-28-40-39-15-5-10-20-47(39)54-50(40)31-34)33-24-27-38-36-14-4-7-17-42(36)52(46(38)30-33)43-18-8-11-21-48(43)55-49-22-12-9-19-44(49)52/h3-31H,1-2H3. The second-order valence-corrected chi connectivity index (χ2v) is 17.8. The van der Waals surface area contributed by atoms with E-state index in [4.69, 9.17) is 0 Å². The van der Waals surface area contributed by atoms with Crippen LogP contribution in [0, 0.1) is 0 Å². The molecule has 1 aliphatic heterocycles. The SMILES string of the molecule is CC1(C)c2ccccc2-c2ccc(N(c3ccc4c(c3)C3(c5ccccc5Sc5ccccc53)c3ccccc3-4)c3ccc4c(c3)sc3ccccc34)cc21. The van der Waals surface area contributed by atoms with Gasteiger partial charge in [-0.05, 0) is 110 Å². The van der Waals surface area contributed by atoms with Crippen LogP contribution < -0.4 is 4.90 Å². The first-order valence-corrected chi connectivity index (χ1v) is 20.7. The van der Waals surface area contributed by atoms with E-state index < -0.39 is 5.41 Å². The van der Waals surface area contributed by atoms with E-state index in [1.54, 1.807) is 0 Å². The molecule has 0 saturated heterocycles. The highest BCUT2D eigenvalue weighted by atomic mass is 32.2. The van der Waals surface area contributed by atoms with Crippen molar-refractivity contribution in [1.29, 1.82) is 0 Å². The monoisotopic (exact) mass is 737 g/mol. The third kappa shape index (κ3) is 4.20. The number of benzene rings is 8. The molecular formula is C52H35NS2. The van der Waals surface area contributed by atoms with Gasteiger partial charge in [-0.15, -0.1) is 11.3 Å². The van der Waals surface area contributed by atoms with Gasteiger partial charge in [0.05, 0.1) is 5.41 Å². The van der Waals surface area contributed by atoms with Gasteiger partial charge in [-0.1, -0.05) is 147 Å². The normalized spacial score (nSPS) is 14.9. The summed E-state index contributed by atoms with van der Waals surface area (Å²) in [4.78, 5) is 5.15. The molecule has 0 atom stereocenters. The van der Waals surface area contributed by atoms with Gasteiger partial charge in [0.2, 0.25) is 0 Å². The molecule has 2 aliphatic carbocycles. The van der Waals surface area contributed by atoms with Crippen LogP contribution in [0.3, 0.4) is 0 Å². The van der Waals surface area contributed by atoms with Crippen LogP contribution in [0.15, 0.2) is 186 Å². The zero-order valence-corrected chi connectivity index (χ0v) is 32.1. The van der Waals surface area contributed by atoms with Crippen molar-refractivity contribution in [1.82, 2.24) is 0 Å². The van der Waals surface area contributed by atoms with Gasteiger partial charge < -0.3 is 4.90 Å². The Morgan fingerprint density at radius 2 is 0.873 bits per heavy atom. The quantitative estimate of drug-likeness (QED) is 0.178. The highest BCUT2D eigenvalue weighted by Crippen LogP contribution is 2.63. The van der Waals surface area contributed by atoms with Crippen molar-refractivity contribution in [3.63, 3.8) is 0 Å². The second kappa shape index (κ2) is 11.3. The molecule has 8 aromatic carbocycles. The fraction of sp³-hybridized carbons (Fsp3) is 0.0769. The summed E-state index contributed by atoms with van der Waals surface area (Å²) in [5.74, 6) is 0. The molecule has 0 amide bonds.